The molecule has 1 aliphatic heterocycles. The average Bonchev–Trinajstić information content (AvgIpc) is 3.85. The van der Waals surface area contributed by atoms with Crippen LogP contribution in [0.3, 0.4) is 0 Å². The van der Waals surface area contributed by atoms with Crippen molar-refractivity contribution in [2.24, 2.45) is 0 Å². The molecule has 21 nitrogen and oxygen atoms in total. The van der Waals surface area contributed by atoms with Gasteiger partial charge in [-0.2, -0.15) is 0 Å². The molecule has 3 amide bonds. The number of phenols is 2. The Morgan fingerprint density at radius 1 is 0.740 bits per heavy atom. The number of phenolic OH excluding ortho intramolecular Hbond substituents is 2. The number of benzene rings is 4. The molecule has 23 heteroatoms. The van der Waals surface area contributed by atoms with Crippen molar-refractivity contribution >= 4 is 52.9 Å². The predicted molar refractivity (Wildman–Crippen MR) is 288 cm³/mol. The Hall–Kier alpha value is -6.43. The summed E-state index contributed by atoms with van der Waals surface area (Å²) in [5.41, 5.74) is 5.12. The van der Waals surface area contributed by atoms with Crippen LogP contribution < -0.4 is 25.9 Å². The summed E-state index contributed by atoms with van der Waals surface area (Å²) in [7, 11) is 1.26. The lowest BCUT2D eigenvalue weighted by Gasteiger charge is -2.28. The summed E-state index contributed by atoms with van der Waals surface area (Å²) >= 11 is 4.72. The van der Waals surface area contributed by atoms with Gasteiger partial charge in [-0.15, -0.1) is 5.10 Å². The fourth-order valence-corrected chi connectivity index (χ4v) is 8.95. The monoisotopic (exact) mass is 1100 g/mol. The molecular formula is C54H64N6O15PS-. The number of fused-ring (bicyclic) bond motifs is 6. The number of para-hydroxylation sites is 1. The third kappa shape index (κ3) is 17.0. The minimum atomic E-state index is -3.39. The minimum Gasteiger partial charge on any atom is -0.780 e. The molecule has 412 valence electrons. The highest BCUT2D eigenvalue weighted by atomic mass is 32.5. The second-order valence-corrected chi connectivity index (χ2v) is 20.4. The summed E-state index contributed by atoms with van der Waals surface area (Å²) in [4.78, 5) is 65.2. The van der Waals surface area contributed by atoms with Crippen molar-refractivity contribution in [1.29, 1.82) is 0 Å². The molecule has 0 spiro atoms. The van der Waals surface area contributed by atoms with E-state index in [1.54, 1.807) is 29.2 Å². The first-order valence-electron chi connectivity index (χ1n) is 25.4. The van der Waals surface area contributed by atoms with Crippen molar-refractivity contribution in [3.8, 4) is 45.3 Å². The molecule has 4 N–H and O–H groups in total. The van der Waals surface area contributed by atoms with Gasteiger partial charge in [0.25, 0.3) is 5.91 Å². The number of hydrogen-bond acceptors (Lipinski definition) is 18. The normalized spacial score (nSPS) is 12.8. The van der Waals surface area contributed by atoms with Crippen molar-refractivity contribution < 1.29 is 66.6 Å². The van der Waals surface area contributed by atoms with E-state index >= 15 is 0 Å². The van der Waals surface area contributed by atoms with Crippen LogP contribution in [0.15, 0.2) is 100 Å². The number of rotatable bonds is 32. The van der Waals surface area contributed by atoms with Crippen LogP contribution in [0.4, 0.5) is 5.69 Å². The Balaban J connectivity index is 0.728. The summed E-state index contributed by atoms with van der Waals surface area (Å²) in [5.74, 6) is -1.43. The highest BCUT2D eigenvalue weighted by molar-refractivity contribution is 8.06. The van der Waals surface area contributed by atoms with Crippen molar-refractivity contribution in [2.45, 2.75) is 51.6 Å². The molecular weight excluding hydrogens is 1040 g/mol. The van der Waals surface area contributed by atoms with E-state index in [2.05, 4.69) is 25.5 Å². The van der Waals surface area contributed by atoms with Crippen LogP contribution in [0.2, 0.25) is 0 Å². The Kier molecular flexibility index (Phi) is 22.6. The molecule has 0 saturated heterocycles. The van der Waals surface area contributed by atoms with Gasteiger partial charge < -0.3 is 67.8 Å². The smallest absolute Gasteiger partial charge is 0.251 e. The molecule has 3 heterocycles. The van der Waals surface area contributed by atoms with E-state index in [4.69, 9.17) is 44.4 Å². The first-order chi connectivity index (χ1) is 37.4. The van der Waals surface area contributed by atoms with Crippen LogP contribution in [0.1, 0.15) is 54.4 Å². The molecule has 0 bridgehead atoms. The number of carbonyl (C=O) groups excluding carboxylic acids is 3. The zero-order chi connectivity index (χ0) is 54.4. The molecule has 1 aliphatic rings. The van der Waals surface area contributed by atoms with Crippen LogP contribution in [-0.4, -0.2) is 136 Å². The van der Waals surface area contributed by atoms with Crippen LogP contribution in [0, 0.1) is 0 Å². The number of hydrogen-bond donors (Lipinski definition) is 4. The molecule has 7 rings (SSSR count). The Labute approximate surface area is 450 Å². The molecule has 77 heavy (non-hydrogen) atoms. The number of carbonyl (C=O) groups is 3. The second kappa shape index (κ2) is 29.9. The van der Waals surface area contributed by atoms with Crippen molar-refractivity contribution in [1.82, 2.24) is 25.6 Å². The Morgan fingerprint density at radius 3 is 2.10 bits per heavy atom. The number of aromatic nitrogens is 3. The SMILES string of the molecule is COP([O-])(=S)OCCCCCCNC(=O)CCC(=O)N1Cc2ccccc2-c2c(nnn2CCOCCOCCOCCOCCOCCNC(=O)c2ccc(-c3cc(=O)c4ccc(O)c(O)c4o3)cc2)-c2ccccc21. The zero-order valence-corrected chi connectivity index (χ0v) is 44.6. The predicted octanol–water partition coefficient (Wildman–Crippen LogP) is 5.86. The van der Waals surface area contributed by atoms with Crippen LogP contribution >= 0.6 is 6.72 Å². The van der Waals surface area contributed by atoms with Gasteiger partial charge in [-0.25, -0.2) is 4.68 Å². The maximum atomic E-state index is 13.9. The third-order valence-electron chi connectivity index (χ3n) is 12.3. The molecule has 6 aromatic rings. The first-order valence-corrected chi connectivity index (χ1v) is 28.0. The maximum Gasteiger partial charge on any atom is 0.251 e. The van der Waals surface area contributed by atoms with Gasteiger partial charge in [0.05, 0.1) is 103 Å². The zero-order valence-electron chi connectivity index (χ0n) is 42.9. The molecule has 4 aromatic carbocycles. The highest BCUT2D eigenvalue weighted by Gasteiger charge is 2.29. The van der Waals surface area contributed by atoms with E-state index in [-0.39, 0.29) is 72.5 Å². The van der Waals surface area contributed by atoms with Gasteiger partial charge in [0.15, 0.2) is 16.8 Å². The number of nitrogens with zero attached hydrogens (tertiary/aromatic N) is 4. The van der Waals surface area contributed by atoms with Crippen LogP contribution in [-0.2, 0) is 67.2 Å². The average molecular weight is 1100 g/mol. The van der Waals surface area contributed by atoms with Crippen molar-refractivity contribution in [3.63, 3.8) is 0 Å². The number of ether oxygens (including phenoxy) is 5. The van der Waals surface area contributed by atoms with Gasteiger partial charge in [-0.3, -0.25) is 19.2 Å². The first kappa shape index (κ1) is 58.3. The molecule has 1 atom stereocenters. The topological polar surface area (TPSA) is 268 Å². The number of unbranched alkanes of at least 4 members (excludes halogenated alkanes) is 3. The molecule has 2 aromatic heterocycles. The summed E-state index contributed by atoms with van der Waals surface area (Å²) in [6.45, 7) is 2.00. The quantitative estimate of drug-likeness (QED) is 0.0219. The fraction of sp³-hybridized carbons (Fsp3) is 0.407. The molecule has 1 unspecified atom stereocenters. The van der Waals surface area contributed by atoms with E-state index in [9.17, 15) is 34.3 Å². The molecule has 0 radical (unpaired) electrons. The van der Waals surface area contributed by atoms with Gasteiger partial charge in [-0.1, -0.05) is 84.5 Å². The Morgan fingerprint density at radius 2 is 1.39 bits per heavy atom. The van der Waals surface area contributed by atoms with Gasteiger partial charge in [0, 0.05) is 61.4 Å². The minimum absolute atomic E-state index is 0.0281. The van der Waals surface area contributed by atoms with E-state index < -0.39 is 18.2 Å². The lowest BCUT2D eigenvalue weighted by atomic mass is 9.95. The lowest BCUT2D eigenvalue weighted by Crippen LogP contribution is -2.33. The van der Waals surface area contributed by atoms with E-state index in [1.165, 1.54) is 25.3 Å². The van der Waals surface area contributed by atoms with Gasteiger partial charge >= 0.3 is 0 Å². The van der Waals surface area contributed by atoms with Crippen molar-refractivity contribution in [3.05, 3.63) is 112 Å². The van der Waals surface area contributed by atoms with Gasteiger partial charge in [0.1, 0.15) is 18.2 Å². The molecule has 0 aliphatic carbocycles. The van der Waals surface area contributed by atoms with E-state index in [0.29, 0.717) is 108 Å². The number of aromatic hydroxyl groups is 2. The maximum absolute atomic E-state index is 13.9. The van der Waals surface area contributed by atoms with E-state index in [1.807, 2.05) is 53.2 Å². The number of anilines is 1. The number of amides is 3. The van der Waals surface area contributed by atoms with Gasteiger partial charge in [0.2, 0.25) is 17.6 Å². The summed E-state index contributed by atoms with van der Waals surface area (Å²) in [6.07, 6.45) is 3.18. The lowest BCUT2D eigenvalue weighted by molar-refractivity contribution is -0.204. The van der Waals surface area contributed by atoms with Crippen LogP contribution in [0.5, 0.6) is 11.5 Å². The summed E-state index contributed by atoms with van der Waals surface area (Å²) in [5, 5.41) is 34.9. The highest BCUT2D eigenvalue weighted by Crippen LogP contribution is 2.41. The third-order valence-corrected chi connectivity index (χ3v) is 14.0. The van der Waals surface area contributed by atoms with E-state index in [0.717, 1.165) is 41.6 Å². The summed E-state index contributed by atoms with van der Waals surface area (Å²) in [6, 6.07) is 25.8. The standard InChI is InChI=1S/C54H65N6O15PS/c1-68-76(67,77)74-25-9-3-2-8-22-55-48(63)20-21-49(64)59-37-40-10-4-5-11-41(40)51-50(42-12-6-7-13-44(42)59)57-58-60(51)24-27-70-29-31-72-33-35-73-34-32-71-30-28-69-26-23-56-54(66)39-16-14-38(15-17-39)47-36-46(62)43-18-19-45(61)52(65)53(43)75-47/h4-7,10-19,36,61,65H,2-3,8-9,20-35,37H2,1H3,(H,55,63)(H,56,66)(H,67,77)/p-1. The Bertz CT molecular complexity index is 3010. The largest absolute Gasteiger partial charge is 0.780 e. The van der Waals surface area contributed by atoms with Crippen molar-refractivity contribution in [2.75, 3.05) is 97.8 Å². The molecule has 0 fully saturated rings. The van der Waals surface area contributed by atoms with Gasteiger partial charge in [-0.05, 0) is 48.7 Å². The number of nitrogens with one attached hydrogen (secondary N) is 2. The fourth-order valence-electron chi connectivity index (χ4n) is 8.27. The molecule has 0 saturated carbocycles. The second-order valence-electron chi connectivity index (χ2n) is 17.6. The summed E-state index contributed by atoms with van der Waals surface area (Å²) < 4.78 is 45.6. The van der Waals surface area contributed by atoms with Crippen LogP contribution in [0.25, 0.3) is 44.8 Å².